The van der Waals surface area contributed by atoms with Crippen molar-refractivity contribution in [1.29, 1.82) is 0 Å². The molecule has 0 bridgehead atoms. The first-order valence-corrected chi connectivity index (χ1v) is 6.60. The summed E-state index contributed by atoms with van der Waals surface area (Å²) < 4.78 is 37.9. The lowest BCUT2D eigenvalue weighted by molar-refractivity contribution is -0.384. The lowest BCUT2D eigenvalue weighted by Crippen LogP contribution is -2.08. The van der Waals surface area contributed by atoms with Crippen molar-refractivity contribution >= 4 is 11.4 Å². The first-order chi connectivity index (χ1) is 10.8. The summed E-state index contributed by atoms with van der Waals surface area (Å²) in [5, 5.41) is 23.0. The monoisotopic (exact) mass is 326 g/mol. The molecule has 0 aliphatic carbocycles. The minimum Gasteiger partial charge on any atom is -0.392 e. The maximum Gasteiger partial charge on any atom is 0.416 e. The van der Waals surface area contributed by atoms with Crippen LogP contribution >= 0.6 is 0 Å². The van der Waals surface area contributed by atoms with Crippen LogP contribution < -0.4 is 5.32 Å². The Bertz CT molecular complexity index is 717. The number of halogens is 3. The van der Waals surface area contributed by atoms with Crippen molar-refractivity contribution in [1.82, 2.24) is 0 Å². The molecule has 0 atom stereocenters. The predicted molar refractivity (Wildman–Crippen MR) is 77.8 cm³/mol. The van der Waals surface area contributed by atoms with Gasteiger partial charge in [-0.05, 0) is 23.3 Å². The number of nitro benzene ring substituents is 1. The second kappa shape index (κ2) is 6.66. The average molecular weight is 326 g/mol. The van der Waals surface area contributed by atoms with E-state index in [1.165, 1.54) is 0 Å². The summed E-state index contributed by atoms with van der Waals surface area (Å²) in [6.07, 6.45) is -4.65. The van der Waals surface area contributed by atoms with E-state index in [9.17, 15) is 28.4 Å². The van der Waals surface area contributed by atoms with E-state index in [0.29, 0.717) is 17.2 Å². The molecule has 0 amide bonds. The quantitative estimate of drug-likeness (QED) is 0.649. The molecule has 0 heterocycles. The molecule has 0 aliphatic heterocycles. The van der Waals surface area contributed by atoms with Gasteiger partial charge in [-0.3, -0.25) is 10.1 Å². The Morgan fingerprint density at radius 3 is 2.35 bits per heavy atom. The van der Waals surface area contributed by atoms with Gasteiger partial charge in [-0.1, -0.05) is 24.3 Å². The number of nitrogens with one attached hydrogen (secondary N) is 1. The summed E-state index contributed by atoms with van der Waals surface area (Å²) in [6, 6.07) is 9.19. The molecule has 2 N–H and O–H groups in total. The van der Waals surface area contributed by atoms with Crippen molar-refractivity contribution in [2.24, 2.45) is 0 Å². The zero-order valence-electron chi connectivity index (χ0n) is 11.8. The van der Waals surface area contributed by atoms with Gasteiger partial charge in [0.15, 0.2) is 0 Å². The van der Waals surface area contributed by atoms with Crippen molar-refractivity contribution < 1.29 is 23.2 Å². The van der Waals surface area contributed by atoms with Gasteiger partial charge in [-0.25, -0.2) is 0 Å². The molecule has 0 aromatic heterocycles. The molecule has 2 rings (SSSR count). The molecule has 0 aliphatic rings. The first kappa shape index (κ1) is 16.8. The third-order valence-electron chi connectivity index (χ3n) is 3.28. The second-order valence-corrected chi connectivity index (χ2v) is 4.77. The summed E-state index contributed by atoms with van der Waals surface area (Å²) in [7, 11) is 0. The zero-order valence-corrected chi connectivity index (χ0v) is 11.8. The Kier molecular flexibility index (Phi) is 4.85. The number of hydrogen-bond donors (Lipinski definition) is 2. The van der Waals surface area contributed by atoms with Gasteiger partial charge in [0.05, 0.1) is 17.1 Å². The number of alkyl halides is 3. The van der Waals surface area contributed by atoms with Gasteiger partial charge in [0.1, 0.15) is 5.69 Å². The Morgan fingerprint density at radius 2 is 1.78 bits per heavy atom. The SMILES string of the molecule is O=[N+]([O-])c1cc(C(F)(F)F)ccc1NCc1ccccc1CO. The highest BCUT2D eigenvalue weighted by Gasteiger charge is 2.33. The molecule has 0 saturated heterocycles. The molecule has 122 valence electrons. The standard InChI is InChI=1S/C15H13F3N2O3/c16-15(17,18)12-5-6-13(14(7-12)20(22)23)19-8-10-3-1-2-4-11(10)9-21/h1-7,19,21H,8-9H2. The Morgan fingerprint density at radius 1 is 1.13 bits per heavy atom. The summed E-state index contributed by atoms with van der Waals surface area (Å²) in [6.45, 7) is -0.0596. The largest absolute Gasteiger partial charge is 0.416 e. The second-order valence-electron chi connectivity index (χ2n) is 4.77. The van der Waals surface area contributed by atoms with E-state index in [1.807, 2.05) is 0 Å². The fourth-order valence-corrected chi connectivity index (χ4v) is 2.08. The molecule has 8 heteroatoms. The number of hydrogen-bond acceptors (Lipinski definition) is 4. The third kappa shape index (κ3) is 3.98. The van der Waals surface area contributed by atoms with Crippen LogP contribution in [-0.2, 0) is 19.3 Å². The van der Waals surface area contributed by atoms with E-state index in [-0.39, 0.29) is 18.8 Å². The normalized spacial score (nSPS) is 11.3. The number of nitrogens with zero attached hydrogens (tertiary/aromatic N) is 1. The summed E-state index contributed by atoms with van der Waals surface area (Å²) >= 11 is 0. The van der Waals surface area contributed by atoms with Crippen LogP contribution in [0.15, 0.2) is 42.5 Å². The number of benzene rings is 2. The molecule has 2 aromatic carbocycles. The van der Waals surface area contributed by atoms with Crippen molar-refractivity contribution in [3.05, 3.63) is 69.3 Å². The van der Waals surface area contributed by atoms with Gasteiger partial charge in [0.2, 0.25) is 0 Å². The maximum atomic E-state index is 12.6. The summed E-state index contributed by atoms with van der Waals surface area (Å²) in [4.78, 5) is 10.1. The van der Waals surface area contributed by atoms with E-state index in [1.54, 1.807) is 24.3 Å². The van der Waals surface area contributed by atoms with Gasteiger partial charge < -0.3 is 10.4 Å². The predicted octanol–water partition coefficient (Wildman–Crippen LogP) is 3.72. The smallest absolute Gasteiger partial charge is 0.392 e. The first-order valence-electron chi connectivity index (χ1n) is 6.60. The van der Waals surface area contributed by atoms with Gasteiger partial charge in [0, 0.05) is 12.6 Å². The Balaban J connectivity index is 2.27. The van der Waals surface area contributed by atoms with Crippen LogP contribution in [0.25, 0.3) is 0 Å². The fourth-order valence-electron chi connectivity index (χ4n) is 2.08. The lowest BCUT2D eigenvalue weighted by Gasteiger charge is -2.12. The number of anilines is 1. The molecule has 0 unspecified atom stereocenters. The molecule has 2 aromatic rings. The average Bonchev–Trinajstić information content (AvgIpc) is 2.52. The molecule has 0 spiro atoms. The van der Waals surface area contributed by atoms with Crippen molar-refractivity contribution in [3.63, 3.8) is 0 Å². The molecule has 0 fully saturated rings. The zero-order chi connectivity index (χ0) is 17.0. The Hall–Kier alpha value is -2.61. The minimum absolute atomic E-state index is 0.0178. The van der Waals surface area contributed by atoms with Crippen LogP contribution in [-0.4, -0.2) is 10.0 Å². The summed E-state index contributed by atoms with van der Waals surface area (Å²) in [5.74, 6) is 0. The van der Waals surface area contributed by atoms with Crippen LogP contribution in [0, 0.1) is 10.1 Å². The molecular formula is C15H13F3N2O3. The third-order valence-corrected chi connectivity index (χ3v) is 3.28. The molecule has 5 nitrogen and oxygen atoms in total. The van der Waals surface area contributed by atoms with E-state index in [2.05, 4.69) is 5.32 Å². The van der Waals surface area contributed by atoms with Gasteiger partial charge in [-0.2, -0.15) is 13.2 Å². The highest BCUT2D eigenvalue weighted by molar-refractivity contribution is 5.63. The van der Waals surface area contributed by atoms with Crippen LogP contribution in [0.1, 0.15) is 16.7 Å². The number of rotatable bonds is 5. The van der Waals surface area contributed by atoms with Crippen LogP contribution in [0.4, 0.5) is 24.5 Å². The number of aliphatic hydroxyl groups is 1. The minimum atomic E-state index is -4.65. The number of nitro groups is 1. The highest BCUT2D eigenvalue weighted by atomic mass is 19.4. The van der Waals surface area contributed by atoms with Crippen molar-refractivity contribution in [2.45, 2.75) is 19.3 Å². The van der Waals surface area contributed by atoms with Crippen molar-refractivity contribution in [3.8, 4) is 0 Å². The highest BCUT2D eigenvalue weighted by Crippen LogP contribution is 2.35. The van der Waals surface area contributed by atoms with Crippen LogP contribution in [0.5, 0.6) is 0 Å². The number of aliphatic hydroxyl groups excluding tert-OH is 1. The van der Waals surface area contributed by atoms with Gasteiger partial charge >= 0.3 is 6.18 Å². The Labute approximate surface area is 129 Å². The van der Waals surface area contributed by atoms with E-state index < -0.39 is 22.4 Å². The molecule has 23 heavy (non-hydrogen) atoms. The molecular weight excluding hydrogens is 313 g/mol. The van der Waals surface area contributed by atoms with E-state index >= 15 is 0 Å². The summed E-state index contributed by atoms with van der Waals surface area (Å²) in [5.41, 5.74) is -0.415. The van der Waals surface area contributed by atoms with Crippen LogP contribution in [0.3, 0.4) is 0 Å². The van der Waals surface area contributed by atoms with Gasteiger partial charge in [-0.15, -0.1) is 0 Å². The molecule has 0 saturated carbocycles. The van der Waals surface area contributed by atoms with E-state index in [4.69, 9.17) is 0 Å². The van der Waals surface area contributed by atoms with Crippen LogP contribution in [0.2, 0.25) is 0 Å². The van der Waals surface area contributed by atoms with Gasteiger partial charge in [0.25, 0.3) is 5.69 Å². The fraction of sp³-hybridized carbons (Fsp3) is 0.200. The van der Waals surface area contributed by atoms with Crippen molar-refractivity contribution in [2.75, 3.05) is 5.32 Å². The lowest BCUT2D eigenvalue weighted by atomic mass is 10.1. The van der Waals surface area contributed by atoms with E-state index in [0.717, 1.165) is 12.1 Å². The maximum absolute atomic E-state index is 12.6. The molecule has 0 radical (unpaired) electrons. The topological polar surface area (TPSA) is 75.4 Å².